The van der Waals surface area contributed by atoms with Crippen molar-refractivity contribution in [2.24, 2.45) is 0 Å². The second kappa shape index (κ2) is 17.2. The summed E-state index contributed by atoms with van der Waals surface area (Å²) < 4.78 is 69.4. The molecule has 0 bridgehead atoms. The van der Waals surface area contributed by atoms with Gasteiger partial charge in [-0.3, -0.25) is 10.2 Å². The molecular formula is C32H33ClN8O8S2. The predicted molar refractivity (Wildman–Crippen MR) is 191 cm³/mol. The number of benzene rings is 4. The zero-order chi connectivity index (χ0) is 37.0. The van der Waals surface area contributed by atoms with Gasteiger partial charge in [-0.15, -0.1) is 10.2 Å². The van der Waals surface area contributed by atoms with Gasteiger partial charge in [0.05, 0.1) is 38.2 Å². The SMILES string of the molecule is COc1ccc(S(=O)(=O)Cl)cc1OC.COc1ccc(S(=O)(=O)Nc2n[nH]c(-c3ccccc3)n2)cc1OC.Nc1n[nH]c(-c2ccccc2)n1. The van der Waals surface area contributed by atoms with Crippen molar-refractivity contribution >= 4 is 41.7 Å². The molecule has 4 aromatic carbocycles. The average Bonchev–Trinajstić information content (AvgIpc) is 3.80. The van der Waals surface area contributed by atoms with E-state index in [0.29, 0.717) is 34.6 Å². The molecule has 0 saturated carbocycles. The lowest BCUT2D eigenvalue weighted by atomic mass is 10.2. The van der Waals surface area contributed by atoms with E-state index in [1.165, 1.54) is 64.8 Å². The first-order valence-electron chi connectivity index (χ1n) is 14.5. The molecule has 51 heavy (non-hydrogen) atoms. The molecule has 16 nitrogen and oxygen atoms in total. The summed E-state index contributed by atoms with van der Waals surface area (Å²) in [6.45, 7) is 0. The molecule has 19 heteroatoms. The lowest BCUT2D eigenvalue weighted by molar-refractivity contribution is 0.354. The van der Waals surface area contributed by atoms with Gasteiger partial charge in [-0.05, 0) is 24.3 Å². The van der Waals surface area contributed by atoms with Crippen LogP contribution >= 0.6 is 10.7 Å². The maximum absolute atomic E-state index is 12.5. The Labute approximate surface area is 298 Å². The largest absolute Gasteiger partial charge is 0.493 e. The maximum atomic E-state index is 12.5. The number of nitrogens with two attached hydrogens (primary N) is 1. The summed E-state index contributed by atoms with van der Waals surface area (Å²) in [5.41, 5.74) is 7.15. The fourth-order valence-electron chi connectivity index (χ4n) is 4.16. The summed E-state index contributed by atoms with van der Waals surface area (Å²) in [5.74, 6) is 2.92. The van der Waals surface area contributed by atoms with E-state index >= 15 is 0 Å². The Bertz CT molecular complexity index is 2250. The van der Waals surface area contributed by atoms with Crippen LogP contribution in [-0.4, -0.2) is 75.6 Å². The first-order chi connectivity index (χ1) is 24.4. The van der Waals surface area contributed by atoms with Gasteiger partial charge in [0.2, 0.25) is 5.95 Å². The predicted octanol–water partition coefficient (Wildman–Crippen LogP) is 4.97. The van der Waals surface area contributed by atoms with Crippen LogP contribution in [0, 0.1) is 0 Å². The van der Waals surface area contributed by atoms with E-state index in [1.54, 1.807) is 0 Å². The number of anilines is 2. The number of sulfonamides is 1. The number of hydrogen-bond donors (Lipinski definition) is 4. The number of nitrogens with zero attached hydrogens (tertiary/aromatic N) is 4. The van der Waals surface area contributed by atoms with E-state index in [0.717, 1.165) is 11.1 Å². The van der Waals surface area contributed by atoms with Gasteiger partial charge in [0, 0.05) is 33.9 Å². The molecule has 0 amide bonds. The highest BCUT2D eigenvalue weighted by atomic mass is 35.7. The number of methoxy groups -OCH3 is 4. The van der Waals surface area contributed by atoms with E-state index in [2.05, 4.69) is 35.1 Å². The minimum atomic E-state index is -3.87. The van der Waals surface area contributed by atoms with Crippen molar-refractivity contribution in [3.05, 3.63) is 97.1 Å². The minimum Gasteiger partial charge on any atom is -0.493 e. The Kier molecular flexibility index (Phi) is 12.8. The van der Waals surface area contributed by atoms with Crippen LogP contribution in [0.5, 0.6) is 23.0 Å². The van der Waals surface area contributed by atoms with Crippen molar-refractivity contribution in [2.75, 3.05) is 38.9 Å². The fourth-order valence-corrected chi connectivity index (χ4v) is 5.89. The Morgan fingerprint density at radius 2 is 1.06 bits per heavy atom. The molecule has 0 fully saturated rings. The number of nitrogens with one attached hydrogen (secondary N) is 3. The molecule has 0 aliphatic carbocycles. The zero-order valence-electron chi connectivity index (χ0n) is 27.6. The van der Waals surface area contributed by atoms with Crippen molar-refractivity contribution in [1.29, 1.82) is 0 Å². The highest BCUT2D eigenvalue weighted by molar-refractivity contribution is 8.13. The van der Waals surface area contributed by atoms with Crippen molar-refractivity contribution in [3.63, 3.8) is 0 Å². The van der Waals surface area contributed by atoms with Gasteiger partial charge in [0.1, 0.15) is 0 Å². The Hall–Kier alpha value is -5.85. The topological polar surface area (TPSA) is 226 Å². The van der Waals surface area contributed by atoms with Crippen molar-refractivity contribution in [2.45, 2.75) is 9.79 Å². The molecule has 0 aliphatic heterocycles. The van der Waals surface area contributed by atoms with Crippen LogP contribution in [0.3, 0.4) is 0 Å². The number of rotatable bonds is 10. The van der Waals surface area contributed by atoms with Crippen molar-refractivity contribution in [3.8, 4) is 45.8 Å². The molecule has 2 heterocycles. The highest BCUT2D eigenvalue weighted by Crippen LogP contribution is 2.31. The molecule has 6 aromatic rings. The van der Waals surface area contributed by atoms with Crippen molar-refractivity contribution < 1.29 is 35.8 Å². The van der Waals surface area contributed by atoms with Gasteiger partial charge in [-0.2, -0.15) is 9.97 Å². The van der Waals surface area contributed by atoms with Crippen LogP contribution < -0.4 is 29.4 Å². The fraction of sp³-hybridized carbons (Fsp3) is 0.125. The van der Waals surface area contributed by atoms with Crippen LogP contribution in [-0.2, 0) is 19.1 Å². The maximum Gasteiger partial charge on any atom is 0.264 e. The lowest BCUT2D eigenvalue weighted by Gasteiger charge is -2.10. The van der Waals surface area contributed by atoms with E-state index in [9.17, 15) is 16.8 Å². The summed E-state index contributed by atoms with van der Waals surface area (Å²) in [4.78, 5) is 8.14. The molecule has 6 rings (SSSR count). The summed E-state index contributed by atoms with van der Waals surface area (Å²) >= 11 is 0. The lowest BCUT2D eigenvalue weighted by Crippen LogP contribution is -2.14. The molecule has 0 unspecified atom stereocenters. The van der Waals surface area contributed by atoms with Crippen LogP contribution in [0.2, 0.25) is 0 Å². The number of H-pyrrole nitrogens is 2. The molecule has 0 atom stereocenters. The number of ether oxygens (including phenoxy) is 4. The monoisotopic (exact) mass is 756 g/mol. The first-order valence-corrected chi connectivity index (χ1v) is 18.3. The summed E-state index contributed by atoms with van der Waals surface area (Å²) in [5, 5.41) is 13.1. The summed E-state index contributed by atoms with van der Waals surface area (Å²) in [6, 6.07) is 27.4. The zero-order valence-corrected chi connectivity index (χ0v) is 30.0. The molecule has 0 radical (unpaired) electrons. The van der Waals surface area contributed by atoms with Crippen LogP contribution in [0.25, 0.3) is 22.8 Å². The normalized spacial score (nSPS) is 10.8. The number of aromatic nitrogens is 6. The molecule has 268 valence electrons. The van der Waals surface area contributed by atoms with Gasteiger partial charge >= 0.3 is 0 Å². The van der Waals surface area contributed by atoms with Crippen LogP contribution in [0.4, 0.5) is 11.9 Å². The molecule has 5 N–H and O–H groups in total. The highest BCUT2D eigenvalue weighted by Gasteiger charge is 2.20. The molecular weight excluding hydrogens is 724 g/mol. The smallest absolute Gasteiger partial charge is 0.264 e. The third-order valence-corrected chi connectivity index (χ3v) is 9.29. The number of aromatic amines is 2. The second-order valence-corrected chi connectivity index (χ2v) is 14.1. The first kappa shape index (κ1) is 38.0. The Balaban J connectivity index is 0.000000189. The quantitative estimate of drug-likeness (QED) is 0.136. The Morgan fingerprint density at radius 1 is 0.608 bits per heavy atom. The van der Waals surface area contributed by atoms with Gasteiger partial charge in [0.15, 0.2) is 34.6 Å². The van der Waals surface area contributed by atoms with Gasteiger partial charge < -0.3 is 24.7 Å². The molecule has 0 aliphatic rings. The van der Waals surface area contributed by atoms with Crippen molar-refractivity contribution in [1.82, 2.24) is 30.4 Å². The van der Waals surface area contributed by atoms with Crippen LogP contribution in [0.15, 0.2) is 107 Å². The van der Waals surface area contributed by atoms with Gasteiger partial charge in [-0.1, -0.05) is 60.7 Å². The van der Waals surface area contributed by atoms with E-state index in [1.807, 2.05) is 60.7 Å². The van der Waals surface area contributed by atoms with E-state index < -0.39 is 19.1 Å². The van der Waals surface area contributed by atoms with Gasteiger partial charge in [0.25, 0.3) is 25.0 Å². The Morgan fingerprint density at radius 3 is 1.51 bits per heavy atom. The number of nitrogen functional groups attached to an aromatic ring is 1. The third-order valence-electron chi connectivity index (χ3n) is 6.61. The third kappa shape index (κ3) is 10.3. The summed E-state index contributed by atoms with van der Waals surface area (Å²) in [6.07, 6.45) is 0. The number of halogens is 1. The second-order valence-electron chi connectivity index (χ2n) is 9.86. The minimum absolute atomic E-state index is 0.0104. The average molecular weight is 757 g/mol. The van der Waals surface area contributed by atoms with Crippen LogP contribution in [0.1, 0.15) is 0 Å². The molecule has 0 saturated heterocycles. The van der Waals surface area contributed by atoms with E-state index in [4.69, 9.17) is 35.4 Å². The van der Waals surface area contributed by atoms with Gasteiger partial charge in [-0.25, -0.2) is 21.6 Å². The molecule has 2 aromatic heterocycles. The standard InChI is InChI=1S/C16H16N4O4S.C8H9ClO4S.C8H8N4/c1-23-13-9-8-12(10-14(13)24-2)25(21,22)20-16-17-15(18-19-16)11-6-4-3-5-7-11;1-12-7-4-3-6(14(9,10)11)5-8(7)13-2;9-8-10-7(11-12-8)6-4-2-1-3-5-6/h3-10H,1-2H3,(H2,17,18,19,20);3-5H,1-2H3;1-5H,(H3,9,10,11,12). The van der Waals surface area contributed by atoms with E-state index in [-0.39, 0.29) is 21.7 Å². The number of hydrogen-bond acceptors (Lipinski definition) is 13. The molecule has 0 spiro atoms. The summed E-state index contributed by atoms with van der Waals surface area (Å²) in [7, 11) is 3.36.